The Morgan fingerprint density at radius 3 is 2.67 bits per heavy atom. The van der Waals surface area contributed by atoms with Gasteiger partial charge in [0.15, 0.2) is 6.10 Å². The van der Waals surface area contributed by atoms with Crippen LogP contribution in [0.25, 0.3) is 11.0 Å². The summed E-state index contributed by atoms with van der Waals surface area (Å²) in [7, 11) is 0. The van der Waals surface area contributed by atoms with Crippen molar-refractivity contribution in [2.24, 2.45) is 0 Å². The number of aromatic amines is 1. The highest BCUT2D eigenvalue weighted by Crippen LogP contribution is 2.26. The molecule has 1 aromatic heterocycles. The van der Waals surface area contributed by atoms with Crippen molar-refractivity contribution in [1.29, 1.82) is 0 Å². The Morgan fingerprint density at radius 2 is 1.95 bits per heavy atom. The largest absolute Gasteiger partial charge is 0.483 e. The molecule has 0 spiro atoms. The van der Waals surface area contributed by atoms with Crippen molar-refractivity contribution in [2.45, 2.75) is 26.9 Å². The third-order valence-corrected chi connectivity index (χ3v) is 3.98. The van der Waals surface area contributed by atoms with Crippen LogP contribution in [0.4, 0.5) is 0 Å². The lowest BCUT2D eigenvalue weighted by Gasteiger charge is -2.13. The number of benzene rings is 2. The number of hydrogen-bond donors (Lipinski definition) is 1. The number of halogens is 1. The summed E-state index contributed by atoms with van der Waals surface area (Å²) in [6.45, 7) is 6.00. The van der Waals surface area contributed by atoms with Crippen molar-refractivity contribution >= 4 is 22.6 Å². The van der Waals surface area contributed by atoms with E-state index in [9.17, 15) is 0 Å². The lowest BCUT2D eigenvalue weighted by molar-refractivity contribution is 0.218. The minimum Gasteiger partial charge on any atom is -0.483 e. The maximum Gasteiger partial charge on any atom is 0.153 e. The summed E-state index contributed by atoms with van der Waals surface area (Å²) < 4.78 is 5.95. The number of hydrogen-bond acceptors (Lipinski definition) is 2. The van der Waals surface area contributed by atoms with Gasteiger partial charge in [-0.05, 0) is 56.2 Å². The topological polar surface area (TPSA) is 37.9 Å². The highest BCUT2D eigenvalue weighted by Gasteiger charge is 2.13. The zero-order valence-corrected chi connectivity index (χ0v) is 13.0. The summed E-state index contributed by atoms with van der Waals surface area (Å²) in [5.74, 6) is 1.62. The van der Waals surface area contributed by atoms with Crippen LogP contribution >= 0.6 is 11.6 Å². The van der Waals surface area contributed by atoms with Crippen LogP contribution in [0.5, 0.6) is 5.75 Å². The number of aryl methyl sites for hydroxylation is 2. The van der Waals surface area contributed by atoms with Gasteiger partial charge in [-0.3, -0.25) is 0 Å². The molecule has 2 aromatic carbocycles. The number of nitrogens with one attached hydrogen (secondary N) is 1. The number of rotatable bonds is 3. The molecule has 1 N–H and O–H groups in total. The lowest BCUT2D eigenvalue weighted by Crippen LogP contribution is -2.05. The van der Waals surface area contributed by atoms with Crippen LogP contribution in [0.1, 0.15) is 30.0 Å². The second-order valence-corrected chi connectivity index (χ2v) is 5.67. The Bertz CT molecular complexity index is 795. The Kier molecular flexibility index (Phi) is 3.60. The monoisotopic (exact) mass is 300 g/mol. The summed E-state index contributed by atoms with van der Waals surface area (Å²) in [4.78, 5) is 7.96. The molecule has 0 aliphatic carbocycles. The molecule has 108 valence electrons. The Morgan fingerprint density at radius 1 is 1.14 bits per heavy atom. The van der Waals surface area contributed by atoms with Crippen LogP contribution in [0.2, 0.25) is 5.02 Å². The molecule has 21 heavy (non-hydrogen) atoms. The SMILES string of the molecule is Cc1cc(OC(C)c2nc3c(C)cccc3[nH]2)ccc1Cl. The maximum atomic E-state index is 6.03. The second kappa shape index (κ2) is 5.41. The van der Waals surface area contributed by atoms with E-state index in [0.29, 0.717) is 0 Å². The zero-order valence-electron chi connectivity index (χ0n) is 12.3. The summed E-state index contributed by atoms with van der Waals surface area (Å²) in [6, 6.07) is 11.8. The highest BCUT2D eigenvalue weighted by atomic mass is 35.5. The van der Waals surface area contributed by atoms with Crippen molar-refractivity contribution in [2.75, 3.05) is 0 Å². The molecule has 0 saturated heterocycles. The second-order valence-electron chi connectivity index (χ2n) is 5.26. The van der Waals surface area contributed by atoms with Crippen molar-refractivity contribution in [3.8, 4) is 5.75 Å². The number of para-hydroxylation sites is 1. The molecule has 0 aliphatic heterocycles. The molecular weight excluding hydrogens is 284 g/mol. The number of aromatic nitrogens is 2. The molecule has 0 bridgehead atoms. The van der Waals surface area contributed by atoms with Gasteiger partial charge in [0, 0.05) is 5.02 Å². The van der Waals surface area contributed by atoms with Gasteiger partial charge in [-0.15, -0.1) is 0 Å². The lowest BCUT2D eigenvalue weighted by atomic mass is 10.2. The van der Waals surface area contributed by atoms with E-state index in [-0.39, 0.29) is 6.10 Å². The highest BCUT2D eigenvalue weighted by molar-refractivity contribution is 6.31. The quantitative estimate of drug-likeness (QED) is 0.741. The molecule has 3 nitrogen and oxygen atoms in total. The third-order valence-electron chi connectivity index (χ3n) is 3.56. The number of ether oxygens (including phenoxy) is 1. The molecule has 0 amide bonds. The molecule has 3 aromatic rings. The van der Waals surface area contributed by atoms with E-state index < -0.39 is 0 Å². The van der Waals surface area contributed by atoms with Gasteiger partial charge in [-0.1, -0.05) is 23.7 Å². The fraction of sp³-hybridized carbons (Fsp3) is 0.235. The van der Waals surface area contributed by atoms with Gasteiger partial charge in [0.2, 0.25) is 0 Å². The van der Waals surface area contributed by atoms with Crippen LogP contribution in [-0.2, 0) is 0 Å². The summed E-state index contributed by atoms with van der Waals surface area (Å²) in [5.41, 5.74) is 4.19. The smallest absolute Gasteiger partial charge is 0.153 e. The van der Waals surface area contributed by atoms with Gasteiger partial charge < -0.3 is 9.72 Å². The first kappa shape index (κ1) is 14.0. The Balaban J connectivity index is 1.87. The van der Waals surface area contributed by atoms with Gasteiger partial charge in [0.25, 0.3) is 0 Å². The first-order chi connectivity index (χ1) is 10.0. The van der Waals surface area contributed by atoms with Gasteiger partial charge in [0.1, 0.15) is 11.6 Å². The average molecular weight is 301 g/mol. The average Bonchev–Trinajstić information content (AvgIpc) is 2.89. The Labute approximate surface area is 128 Å². The number of nitrogens with zero attached hydrogens (tertiary/aromatic N) is 1. The van der Waals surface area contributed by atoms with Gasteiger partial charge in [0.05, 0.1) is 11.0 Å². The van der Waals surface area contributed by atoms with E-state index in [4.69, 9.17) is 16.3 Å². The van der Waals surface area contributed by atoms with Gasteiger partial charge in [-0.25, -0.2) is 4.98 Å². The molecule has 0 fully saturated rings. The van der Waals surface area contributed by atoms with Crippen LogP contribution < -0.4 is 4.74 Å². The predicted molar refractivity (Wildman–Crippen MR) is 86.1 cm³/mol. The fourth-order valence-electron chi connectivity index (χ4n) is 2.34. The van der Waals surface area contributed by atoms with Crippen molar-refractivity contribution in [3.05, 3.63) is 58.4 Å². The number of imidazole rings is 1. The summed E-state index contributed by atoms with van der Waals surface area (Å²) >= 11 is 6.03. The molecule has 1 heterocycles. The van der Waals surface area contributed by atoms with Crippen LogP contribution in [0, 0.1) is 13.8 Å². The van der Waals surface area contributed by atoms with Crippen molar-refractivity contribution in [1.82, 2.24) is 9.97 Å². The summed E-state index contributed by atoms with van der Waals surface area (Å²) in [6.07, 6.45) is -0.155. The predicted octanol–water partition coefficient (Wildman–Crippen LogP) is 4.97. The molecule has 4 heteroatoms. The standard InChI is InChI=1S/C17H17ClN2O/c1-10-5-4-6-15-16(10)20-17(19-15)12(3)21-13-7-8-14(18)11(2)9-13/h4-9,12H,1-3H3,(H,19,20). The zero-order chi connectivity index (χ0) is 15.0. The normalized spacial score (nSPS) is 12.6. The number of fused-ring (bicyclic) bond motifs is 1. The third kappa shape index (κ3) is 2.74. The molecule has 0 aliphatic rings. The van der Waals surface area contributed by atoms with Crippen LogP contribution in [0.3, 0.4) is 0 Å². The first-order valence-corrected chi connectivity index (χ1v) is 7.30. The van der Waals surface area contributed by atoms with E-state index in [1.807, 2.05) is 44.2 Å². The van der Waals surface area contributed by atoms with Gasteiger partial charge in [-0.2, -0.15) is 0 Å². The fourth-order valence-corrected chi connectivity index (χ4v) is 2.46. The van der Waals surface area contributed by atoms with Crippen LogP contribution in [0.15, 0.2) is 36.4 Å². The van der Waals surface area contributed by atoms with E-state index in [0.717, 1.165) is 38.8 Å². The molecular formula is C17H17ClN2O. The van der Waals surface area contributed by atoms with E-state index in [1.54, 1.807) is 0 Å². The van der Waals surface area contributed by atoms with E-state index >= 15 is 0 Å². The Hall–Kier alpha value is -2.00. The molecule has 0 saturated carbocycles. The molecule has 1 unspecified atom stereocenters. The molecule has 1 atom stereocenters. The molecule has 3 rings (SSSR count). The minimum absolute atomic E-state index is 0.155. The van der Waals surface area contributed by atoms with Crippen LogP contribution in [-0.4, -0.2) is 9.97 Å². The van der Waals surface area contributed by atoms with E-state index in [1.165, 1.54) is 0 Å². The number of H-pyrrole nitrogens is 1. The molecule has 0 radical (unpaired) electrons. The van der Waals surface area contributed by atoms with Crippen molar-refractivity contribution in [3.63, 3.8) is 0 Å². The minimum atomic E-state index is -0.155. The van der Waals surface area contributed by atoms with Crippen molar-refractivity contribution < 1.29 is 4.74 Å². The summed E-state index contributed by atoms with van der Waals surface area (Å²) in [5, 5.41) is 0.745. The maximum absolute atomic E-state index is 6.03. The van der Waals surface area contributed by atoms with E-state index in [2.05, 4.69) is 23.0 Å². The van der Waals surface area contributed by atoms with Gasteiger partial charge >= 0.3 is 0 Å². The first-order valence-electron chi connectivity index (χ1n) is 6.92.